The molecule has 0 atom stereocenters. The summed E-state index contributed by atoms with van der Waals surface area (Å²) >= 11 is 3.34. The van der Waals surface area contributed by atoms with Gasteiger partial charge in [0.2, 0.25) is 5.88 Å². The minimum atomic E-state index is -0.374. The molecule has 0 radical (unpaired) electrons. The number of ether oxygens (including phenoxy) is 2. The van der Waals surface area contributed by atoms with Gasteiger partial charge in [0.1, 0.15) is 5.75 Å². The van der Waals surface area contributed by atoms with Crippen molar-refractivity contribution in [2.45, 2.75) is 0 Å². The Kier molecular flexibility index (Phi) is 3.94. The normalized spacial score (nSPS) is 9.89. The van der Waals surface area contributed by atoms with Crippen LogP contribution in [0.3, 0.4) is 0 Å². The fourth-order valence-electron chi connectivity index (χ4n) is 1.33. The van der Waals surface area contributed by atoms with Crippen molar-refractivity contribution in [3.63, 3.8) is 0 Å². The summed E-state index contributed by atoms with van der Waals surface area (Å²) in [5.74, 6) is 0.700. The number of hydrogen-bond donors (Lipinski definition) is 0. The van der Waals surface area contributed by atoms with Crippen LogP contribution in [0.25, 0.3) is 0 Å². The fourth-order valence-corrected chi connectivity index (χ4v) is 1.67. The van der Waals surface area contributed by atoms with Crippen LogP contribution in [0.5, 0.6) is 11.6 Å². The Balaban J connectivity index is 2.16. The Morgan fingerprint density at radius 3 is 2.56 bits per heavy atom. The SMILES string of the molecule is COC(=O)c1ccc(Oc2ncccc2Br)cc1. The first-order chi connectivity index (χ1) is 8.70. The zero-order valence-electron chi connectivity index (χ0n) is 9.59. The van der Waals surface area contributed by atoms with Crippen LogP contribution in [-0.4, -0.2) is 18.1 Å². The molecule has 0 aliphatic rings. The maximum Gasteiger partial charge on any atom is 0.337 e. The molecule has 1 heterocycles. The molecule has 18 heavy (non-hydrogen) atoms. The third kappa shape index (κ3) is 2.87. The van der Waals surface area contributed by atoms with Gasteiger partial charge in [0.15, 0.2) is 0 Å². The van der Waals surface area contributed by atoms with Crippen LogP contribution in [-0.2, 0) is 4.74 Å². The maximum absolute atomic E-state index is 11.3. The average molecular weight is 308 g/mol. The van der Waals surface area contributed by atoms with Crippen LogP contribution in [0.2, 0.25) is 0 Å². The molecule has 0 unspecified atom stereocenters. The quantitative estimate of drug-likeness (QED) is 0.815. The molecule has 4 nitrogen and oxygen atoms in total. The molecule has 0 saturated carbocycles. The molecule has 92 valence electrons. The predicted octanol–water partition coefficient (Wildman–Crippen LogP) is 3.42. The van der Waals surface area contributed by atoms with Gasteiger partial charge in [-0.1, -0.05) is 0 Å². The van der Waals surface area contributed by atoms with Gasteiger partial charge in [-0.15, -0.1) is 0 Å². The van der Waals surface area contributed by atoms with Crippen LogP contribution >= 0.6 is 15.9 Å². The van der Waals surface area contributed by atoms with E-state index in [0.29, 0.717) is 17.2 Å². The summed E-state index contributed by atoms with van der Waals surface area (Å²) in [7, 11) is 1.34. The Bertz CT molecular complexity index is 554. The van der Waals surface area contributed by atoms with E-state index in [1.54, 1.807) is 36.5 Å². The molecular formula is C13H10BrNO3. The molecule has 1 aromatic heterocycles. The Morgan fingerprint density at radius 1 is 1.22 bits per heavy atom. The van der Waals surface area contributed by atoms with E-state index in [0.717, 1.165) is 4.47 Å². The largest absolute Gasteiger partial charge is 0.465 e. The van der Waals surface area contributed by atoms with Crippen molar-refractivity contribution in [2.75, 3.05) is 7.11 Å². The van der Waals surface area contributed by atoms with Crippen LogP contribution in [0.1, 0.15) is 10.4 Å². The van der Waals surface area contributed by atoms with Gasteiger partial charge in [-0.25, -0.2) is 9.78 Å². The van der Waals surface area contributed by atoms with Gasteiger partial charge in [0.05, 0.1) is 17.1 Å². The molecule has 0 spiro atoms. The van der Waals surface area contributed by atoms with Crippen molar-refractivity contribution in [1.82, 2.24) is 4.98 Å². The molecule has 0 bridgehead atoms. The predicted molar refractivity (Wildman–Crippen MR) is 69.8 cm³/mol. The fraction of sp³-hybridized carbons (Fsp3) is 0.0769. The monoisotopic (exact) mass is 307 g/mol. The second-order valence-electron chi connectivity index (χ2n) is 3.41. The standard InChI is InChI=1S/C13H10BrNO3/c1-17-13(16)9-4-6-10(7-5-9)18-12-11(14)3-2-8-15-12/h2-8H,1H3. The molecule has 0 fully saturated rings. The summed E-state index contributed by atoms with van der Waals surface area (Å²) in [4.78, 5) is 15.3. The lowest BCUT2D eigenvalue weighted by atomic mass is 10.2. The zero-order valence-corrected chi connectivity index (χ0v) is 11.2. The number of carbonyl (C=O) groups is 1. The number of esters is 1. The number of nitrogens with zero attached hydrogens (tertiary/aromatic N) is 1. The van der Waals surface area contributed by atoms with E-state index in [-0.39, 0.29) is 5.97 Å². The molecular weight excluding hydrogens is 298 g/mol. The lowest BCUT2D eigenvalue weighted by Gasteiger charge is -2.06. The molecule has 2 aromatic rings. The van der Waals surface area contributed by atoms with Gasteiger partial charge in [-0.05, 0) is 52.3 Å². The minimum absolute atomic E-state index is 0.374. The highest BCUT2D eigenvalue weighted by Gasteiger charge is 2.06. The molecule has 0 N–H and O–H groups in total. The van der Waals surface area contributed by atoms with E-state index >= 15 is 0 Å². The molecule has 2 rings (SSSR count). The van der Waals surface area contributed by atoms with Gasteiger partial charge in [0, 0.05) is 6.20 Å². The minimum Gasteiger partial charge on any atom is -0.465 e. The number of rotatable bonds is 3. The van der Waals surface area contributed by atoms with Crippen molar-refractivity contribution >= 4 is 21.9 Å². The first-order valence-corrected chi connectivity index (χ1v) is 5.97. The zero-order chi connectivity index (χ0) is 13.0. The second-order valence-corrected chi connectivity index (χ2v) is 4.26. The number of benzene rings is 1. The highest BCUT2D eigenvalue weighted by Crippen LogP contribution is 2.26. The van der Waals surface area contributed by atoms with Crippen molar-refractivity contribution < 1.29 is 14.3 Å². The van der Waals surface area contributed by atoms with Crippen LogP contribution < -0.4 is 4.74 Å². The molecule has 0 aliphatic heterocycles. The van der Waals surface area contributed by atoms with Crippen LogP contribution in [0, 0.1) is 0 Å². The highest BCUT2D eigenvalue weighted by atomic mass is 79.9. The number of carbonyl (C=O) groups excluding carboxylic acids is 1. The number of halogens is 1. The van der Waals surface area contributed by atoms with E-state index in [2.05, 4.69) is 25.7 Å². The number of pyridine rings is 1. The summed E-state index contributed by atoms with van der Waals surface area (Å²) in [6.07, 6.45) is 1.64. The number of hydrogen-bond acceptors (Lipinski definition) is 4. The molecule has 5 heteroatoms. The maximum atomic E-state index is 11.3. The first kappa shape index (κ1) is 12.6. The third-order valence-corrected chi connectivity index (χ3v) is 2.82. The first-order valence-electron chi connectivity index (χ1n) is 5.17. The lowest BCUT2D eigenvalue weighted by molar-refractivity contribution is 0.0600. The number of methoxy groups -OCH3 is 1. The third-order valence-electron chi connectivity index (χ3n) is 2.21. The van der Waals surface area contributed by atoms with E-state index < -0.39 is 0 Å². The van der Waals surface area contributed by atoms with Crippen molar-refractivity contribution in [2.24, 2.45) is 0 Å². The second kappa shape index (κ2) is 5.64. The van der Waals surface area contributed by atoms with Crippen molar-refractivity contribution in [3.8, 4) is 11.6 Å². The van der Waals surface area contributed by atoms with Crippen molar-refractivity contribution in [3.05, 3.63) is 52.6 Å². The molecule has 0 amide bonds. The highest BCUT2D eigenvalue weighted by molar-refractivity contribution is 9.10. The van der Waals surface area contributed by atoms with Gasteiger partial charge >= 0.3 is 5.97 Å². The summed E-state index contributed by atoms with van der Waals surface area (Å²) in [5, 5.41) is 0. The topological polar surface area (TPSA) is 48.4 Å². The Labute approximate surface area is 113 Å². The smallest absolute Gasteiger partial charge is 0.337 e. The Morgan fingerprint density at radius 2 is 1.94 bits per heavy atom. The average Bonchev–Trinajstić information content (AvgIpc) is 2.41. The van der Waals surface area contributed by atoms with Crippen LogP contribution in [0.15, 0.2) is 47.1 Å². The molecule has 0 aliphatic carbocycles. The lowest BCUT2D eigenvalue weighted by Crippen LogP contribution is -2.00. The van der Waals surface area contributed by atoms with E-state index in [4.69, 9.17) is 4.74 Å². The number of aromatic nitrogens is 1. The van der Waals surface area contributed by atoms with Gasteiger partial charge in [-0.2, -0.15) is 0 Å². The van der Waals surface area contributed by atoms with E-state index in [1.165, 1.54) is 7.11 Å². The van der Waals surface area contributed by atoms with E-state index in [1.807, 2.05) is 6.07 Å². The van der Waals surface area contributed by atoms with Gasteiger partial charge < -0.3 is 9.47 Å². The summed E-state index contributed by atoms with van der Waals surface area (Å²) < 4.78 is 10.9. The van der Waals surface area contributed by atoms with E-state index in [9.17, 15) is 4.79 Å². The van der Waals surface area contributed by atoms with Gasteiger partial charge in [0.25, 0.3) is 0 Å². The molecule has 0 saturated heterocycles. The summed E-state index contributed by atoms with van der Waals surface area (Å²) in [6.45, 7) is 0. The van der Waals surface area contributed by atoms with Gasteiger partial charge in [-0.3, -0.25) is 0 Å². The summed E-state index contributed by atoms with van der Waals surface area (Å²) in [5.41, 5.74) is 0.477. The molecule has 1 aromatic carbocycles. The Hall–Kier alpha value is -1.88. The summed E-state index contributed by atoms with van der Waals surface area (Å²) in [6, 6.07) is 10.3. The van der Waals surface area contributed by atoms with Crippen molar-refractivity contribution in [1.29, 1.82) is 0 Å². The van der Waals surface area contributed by atoms with Crippen LogP contribution in [0.4, 0.5) is 0 Å².